The van der Waals surface area contributed by atoms with Crippen LogP contribution < -0.4 is 5.32 Å². The average molecular weight is 395 g/mol. The van der Waals surface area contributed by atoms with Crippen LogP contribution in [0.5, 0.6) is 0 Å². The predicted octanol–water partition coefficient (Wildman–Crippen LogP) is 2.80. The highest BCUT2D eigenvalue weighted by molar-refractivity contribution is 5.93. The minimum absolute atomic E-state index is 0.0247. The fourth-order valence-electron chi connectivity index (χ4n) is 3.60. The maximum Gasteiger partial charge on any atom is 0.317 e. The van der Waals surface area contributed by atoms with Crippen molar-refractivity contribution in [1.29, 1.82) is 0 Å². The molecule has 1 aliphatic heterocycles. The number of hydrogen-bond acceptors (Lipinski definition) is 3. The minimum Gasteiger partial charge on any atom is -0.345 e. The second kappa shape index (κ2) is 9.56. The molecule has 0 bridgehead atoms. The molecule has 1 unspecified atom stereocenters. The summed E-state index contributed by atoms with van der Waals surface area (Å²) in [6, 6.07) is 18.1. The molecule has 0 saturated carbocycles. The SMILES string of the molecule is CN(C)C(=O)c1ccc(CNC(=O)N2CCC(N(C)Cc3ccccc3)C2)cc1. The molecule has 0 aliphatic carbocycles. The second-order valence-electron chi connectivity index (χ2n) is 7.84. The lowest BCUT2D eigenvalue weighted by Gasteiger charge is -2.25. The predicted molar refractivity (Wildman–Crippen MR) is 115 cm³/mol. The van der Waals surface area contributed by atoms with E-state index in [0.717, 1.165) is 31.6 Å². The summed E-state index contributed by atoms with van der Waals surface area (Å²) >= 11 is 0. The molecular weight excluding hydrogens is 364 g/mol. The zero-order valence-corrected chi connectivity index (χ0v) is 17.5. The van der Waals surface area contributed by atoms with E-state index in [4.69, 9.17) is 0 Å². The highest BCUT2D eigenvalue weighted by Gasteiger charge is 2.28. The van der Waals surface area contributed by atoms with E-state index in [0.29, 0.717) is 18.2 Å². The molecule has 2 aromatic rings. The normalized spacial score (nSPS) is 16.1. The average Bonchev–Trinajstić information content (AvgIpc) is 3.23. The van der Waals surface area contributed by atoms with Crippen LogP contribution in [0.1, 0.15) is 27.9 Å². The molecule has 6 nitrogen and oxygen atoms in total. The molecule has 2 aromatic carbocycles. The molecule has 1 aliphatic rings. The van der Waals surface area contributed by atoms with Crippen LogP contribution in [0.25, 0.3) is 0 Å². The van der Waals surface area contributed by atoms with E-state index in [9.17, 15) is 9.59 Å². The molecule has 3 rings (SSSR count). The first kappa shape index (κ1) is 20.9. The Morgan fingerprint density at radius 3 is 2.34 bits per heavy atom. The first-order valence-electron chi connectivity index (χ1n) is 10.0. The highest BCUT2D eigenvalue weighted by atomic mass is 16.2. The third-order valence-electron chi connectivity index (χ3n) is 5.40. The standard InChI is InChI=1S/C23H30N4O2/c1-25(2)22(28)20-11-9-18(10-12-20)15-24-23(29)27-14-13-21(17-27)26(3)16-19-7-5-4-6-8-19/h4-12,21H,13-17H2,1-3H3,(H,24,29). The van der Waals surface area contributed by atoms with Crippen molar-refractivity contribution in [3.05, 3.63) is 71.3 Å². The fourth-order valence-corrected chi connectivity index (χ4v) is 3.60. The van der Waals surface area contributed by atoms with Gasteiger partial charge in [0.25, 0.3) is 5.91 Å². The molecule has 1 atom stereocenters. The smallest absolute Gasteiger partial charge is 0.317 e. The molecule has 29 heavy (non-hydrogen) atoms. The molecule has 1 fully saturated rings. The van der Waals surface area contributed by atoms with Gasteiger partial charge in [0.15, 0.2) is 0 Å². The molecule has 6 heteroatoms. The van der Waals surface area contributed by atoms with Gasteiger partial charge in [-0.05, 0) is 36.7 Å². The molecule has 3 amide bonds. The van der Waals surface area contributed by atoms with E-state index in [1.54, 1.807) is 31.1 Å². The van der Waals surface area contributed by atoms with Gasteiger partial charge in [-0.3, -0.25) is 9.69 Å². The number of likely N-dealkylation sites (N-methyl/N-ethyl adjacent to an activating group) is 1. The van der Waals surface area contributed by atoms with E-state index in [1.807, 2.05) is 23.1 Å². The van der Waals surface area contributed by atoms with Gasteiger partial charge >= 0.3 is 6.03 Å². The van der Waals surface area contributed by atoms with Crippen molar-refractivity contribution in [2.45, 2.75) is 25.6 Å². The fraction of sp³-hybridized carbons (Fsp3) is 0.391. The summed E-state index contributed by atoms with van der Waals surface area (Å²) in [5.74, 6) is -0.0247. The summed E-state index contributed by atoms with van der Waals surface area (Å²) in [5, 5.41) is 2.99. The van der Waals surface area contributed by atoms with Crippen LogP contribution in [-0.2, 0) is 13.1 Å². The lowest BCUT2D eigenvalue weighted by Crippen LogP contribution is -2.40. The molecule has 1 saturated heterocycles. The summed E-state index contributed by atoms with van der Waals surface area (Å²) in [6.45, 7) is 2.85. The Morgan fingerprint density at radius 2 is 1.69 bits per heavy atom. The van der Waals surface area contributed by atoms with Crippen LogP contribution in [0.15, 0.2) is 54.6 Å². The molecule has 154 valence electrons. The first-order chi connectivity index (χ1) is 13.9. The topological polar surface area (TPSA) is 55.9 Å². The summed E-state index contributed by atoms with van der Waals surface area (Å²) in [5.41, 5.74) is 2.91. The van der Waals surface area contributed by atoms with Crippen molar-refractivity contribution in [3.63, 3.8) is 0 Å². The molecule has 0 aromatic heterocycles. The minimum atomic E-state index is -0.0333. The van der Waals surface area contributed by atoms with Crippen LogP contribution in [-0.4, -0.2) is 66.9 Å². The number of likely N-dealkylation sites (tertiary alicyclic amines) is 1. The second-order valence-corrected chi connectivity index (χ2v) is 7.84. The number of nitrogens with zero attached hydrogens (tertiary/aromatic N) is 3. The first-order valence-corrected chi connectivity index (χ1v) is 10.0. The van der Waals surface area contributed by atoms with Crippen LogP contribution in [0.3, 0.4) is 0 Å². The summed E-state index contributed by atoms with van der Waals surface area (Å²) in [4.78, 5) is 30.2. The van der Waals surface area contributed by atoms with Gasteiger partial charge in [0.05, 0.1) is 0 Å². The van der Waals surface area contributed by atoms with Gasteiger partial charge in [0, 0.05) is 51.9 Å². The Kier molecular flexibility index (Phi) is 6.88. The Hall–Kier alpha value is -2.86. The number of rotatable bonds is 6. The maximum absolute atomic E-state index is 12.5. The third kappa shape index (κ3) is 5.57. The number of carbonyl (C=O) groups excluding carboxylic acids is 2. The molecule has 0 radical (unpaired) electrons. The molecule has 1 heterocycles. The van der Waals surface area contributed by atoms with Gasteiger partial charge in [-0.1, -0.05) is 42.5 Å². The summed E-state index contributed by atoms with van der Waals surface area (Å²) in [6.07, 6.45) is 0.984. The highest BCUT2D eigenvalue weighted by Crippen LogP contribution is 2.17. The summed E-state index contributed by atoms with van der Waals surface area (Å²) < 4.78 is 0. The Morgan fingerprint density at radius 1 is 1.00 bits per heavy atom. The van der Waals surface area contributed by atoms with Crippen molar-refractivity contribution in [1.82, 2.24) is 20.0 Å². The number of hydrogen-bond donors (Lipinski definition) is 1. The zero-order valence-electron chi connectivity index (χ0n) is 17.5. The zero-order chi connectivity index (χ0) is 20.8. The maximum atomic E-state index is 12.5. The largest absolute Gasteiger partial charge is 0.345 e. The van der Waals surface area contributed by atoms with Gasteiger partial charge in [0.2, 0.25) is 0 Å². The lowest BCUT2D eigenvalue weighted by molar-refractivity contribution is 0.0827. The monoisotopic (exact) mass is 394 g/mol. The van der Waals surface area contributed by atoms with E-state index in [-0.39, 0.29) is 11.9 Å². The van der Waals surface area contributed by atoms with Crippen LogP contribution in [0.2, 0.25) is 0 Å². The van der Waals surface area contributed by atoms with E-state index in [1.165, 1.54) is 5.56 Å². The Labute approximate surface area is 173 Å². The number of urea groups is 1. The van der Waals surface area contributed by atoms with Gasteiger partial charge in [-0.25, -0.2) is 4.79 Å². The van der Waals surface area contributed by atoms with Crippen LogP contribution in [0.4, 0.5) is 4.79 Å². The Bertz CT molecular complexity index is 821. The van der Waals surface area contributed by atoms with Gasteiger partial charge < -0.3 is 15.1 Å². The number of benzene rings is 2. The van der Waals surface area contributed by atoms with Crippen molar-refractivity contribution in [3.8, 4) is 0 Å². The van der Waals surface area contributed by atoms with E-state index >= 15 is 0 Å². The van der Waals surface area contributed by atoms with E-state index < -0.39 is 0 Å². The summed E-state index contributed by atoms with van der Waals surface area (Å²) in [7, 11) is 5.59. The van der Waals surface area contributed by atoms with Gasteiger partial charge in [-0.15, -0.1) is 0 Å². The van der Waals surface area contributed by atoms with Gasteiger partial charge in [0.1, 0.15) is 0 Å². The van der Waals surface area contributed by atoms with Crippen LogP contribution >= 0.6 is 0 Å². The third-order valence-corrected chi connectivity index (χ3v) is 5.40. The van der Waals surface area contributed by atoms with Crippen molar-refractivity contribution in [2.24, 2.45) is 0 Å². The number of amides is 3. The van der Waals surface area contributed by atoms with E-state index in [2.05, 4.69) is 41.5 Å². The molecule has 0 spiro atoms. The lowest BCUT2D eigenvalue weighted by atomic mass is 10.1. The number of nitrogens with one attached hydrogen (secondary N) is 1. The van der Waals surface area contributed by atoms with Gasteiger partial charge in [-0.2, -0.15) is 0 Å². The van der Waals surface area contributed by atoms with Crippen molar-refractivity contribution >= 4 is 11.9 Å². The quantitative estimate of drug-likeness (QED) is 0.820. The molecular formula is C23H30N4O2. The number of carbonyl (C=O) groups is 2. The molecule has 1 N–H and O–H groups in total. The Balaban J connectivity index is 1.46. The van der Waals surface area contributed by atoms with Crippen molar-refractivity contribution in [2.75, 3.05) is 34.2 Å². The van der Waals surface area contributed by atoms with Crippen LogP contribution in [0, 0.1) is 0 Å². The van der Waals surface area contributed by atoms with Crippen molar-refractivity contribution < 1.29 is 9.59 Å².